The normalized spacial score (nSPS) is 15.9. The second kappa shape index (κ2) is 5.55. The van der Waals surface area contributed by atoms with Gasteiger partial charge in [0, 0.05) is 5.92 Å². The molecule has 0 saturated heterocycles. The molecule has 0 aliphatic heterocycles. The fraction of sp³-hybridized carbons (Fsp3) is 0.429. The Morgan fingerprint density at radius 3 is 2.52 bits per heavy atom. The quantitative estimate of drug-likeness (QED) is 0.848. The molecule has 7 heteroatoms. The van der Waals surface area contributed by atoms with Gasteiger partial charge in [0.2, 0.25) is 5.89 Å². The van der Waals surface area contributed by atoms with E-state index in [9.17, 15) is 12.8 Å². The van der Waals surface area contributed by atoms with Gasteiger partial charge in [-0.1, -0.05) is 23.7 Å². The van der Waals surface area contributed by atoms with Crippen LogP contribution in [0.2, 0.25) is 0 Å². The monoisotopic (exact) mass is 310 g/mol. The Bertz CT molecular complexity index is 721. The molecule has 1 heterocycles. The van der Waals surface area contributed by atoms with E-state index in [2.05, 4.69) is 10.1 Å². The summed E-state index contributed by atoms with van der Waals surface area (Å²) in [6.45, 7) is 0. The van der Waals surface area contributed by atoms with E-state index >= 15 is 0 Å². The van der Waals surface area contributed by atoms with Crippen LogP contribution in [0.3, 0.4) is 0 Å². The largest absolute Gasteiger partial charge is 0.339 e. The second-order valence-electron chi connectivity index (χ2n) is 5.34. The topological polar surface area (TPSA) is 73.1 Å². The Kier molecular flexibility index (Phi) is 3.75. The van der Waals surface area contributed by atoms with E-state index in [0.717, 1.165) is 19.3 Å². The summed E-state index contributed by atoms with van der Waals surface area (Å²) in [6.07, 6.45) is 3.18. The van der Waals surface area contributed by atoms with Gasteiger partial charge in [-0.15, -0.1) is 0 Å². The van der Waals surface area contributed by atoms with Crippen LogP contribution in [0, 0.1) is 5.82 Å². The highest BCUT2D eigenvalue weighted by molar-refractivity contribution is 7.89. The summed E-state index contributed by atoms with van der Waals surface area (Å²) in [6, 6.07) is 5.41. The van der Waals surface area contributed by atoms with E-state index in [-0.39, 0.29) is 29.1 Å². The molecular formula is C14H15FN2O3S. The van der Waals surface area contributed by atoms with Crippen molar-refractivity contribution in [3.8, 4) is 0 Å². The van der Waals surface area contributed by atoms with Crippen molar-refractivity contribution in [3.05, 3.63) is 47.4 Å². The van der Waals surface area contributed by atoms with Crippen molar-refractivity contribution in [2.45, 2.75) is 36.7 Å². The molecular weight excluding hydrogens is 295 g/mol. The molecule has 0 bridgehead atoms. The Hall–Kier alpha value is -1.76. The average molecular weight is 310 g/mol. The smallest absolute Gasteiger partial charge is 0.229 e. The fourth-order valence-corrected chi connectivity index (χ4v) is 3.54. The molecule has 0 spiro atoms. The van der Waals surface area contributed by atoms with E-state index in [1.54, 1.807) is 0 Å². The standard InChI is InChI=1S/C14H15FN2O3S/c15-12-6-4-10(5-7-12)8-21(18,19)9-13-16-14(20-17-13)11-2-1-3-11/h4-7,11H,1-3,8-9H2. The molecule has 0 amide bonds. The second-order valence-corrected chi connectivity index (χ2v) is 7.40. The van der Waals surface area contributed by atoms with E-state index in [1.165, 1.54) is 24.3 Å². The summed E-state index contributed by atoms with van der Waals surface area (Å²) in [5, 5.41) is 3.73. The number of sulfone groups is 1. The molecule has 1 aromatic carbocycles. The summed E-state index contributed by atoms with van der Waals surface area (Å²) in [5.41, 5.74) is 0.541. The number of aromatic nitrogens is 2. The summed E-state index contributed by atoms with van der Waals surface area (Å²) in [7, 11) is -3.41. The van der Waals surface area contributed by atoms with E-state index in [4.69, 9.17) is 4.52 Å². The highest BCUT2D eigenvalue weighted by Gasteiger charge is 2.26. The zero-order valence-electron chi connectivity index (χ0n) is 11.3. The Balaban J connectivity index is 1.67. The minimum atomic E-state index is -3.41. The first-order valence-corrected chi connectivity index (χ1v) is 8.61. The van der Waals surface area contributed by atoms with E-state index in [0.29, 0.717) is 11.5 Å². The number of hydrogen-bond acceptors (Lipinski definition) is 5. The van der Waals surface area contributed by atoms with Crippen molar-refractivity contribution in [2.75, 3.05) is 0 Å². The predicted molar refractivity (Wildman–Crippen MR) is 73.6 cm³/mol. The van der Waals surface area contributed by atoms with Crippen molar-refractivity contribution in [1.29, 1.82) is 0 Å². The minimum Gasteiger partial charge on any atom is -0.339 e. The van der Waals surface area contributed by atoms with Crippen LogP contribution >= 0.6 is 0 Å². The zero-order valence-corrected chi connectivity index (χ0v) is 12.1. The van der Waals surface area contributed by atoms with E-state index < -0.39 is 9.84 Å². The van der Waals surface area contributed by atoms with Crippen LogP contribution in [-0.2, 0) is 21.3 Å². The van der Waals surface area contributed by atoms with Crippen LogP contribution in [0.15, 0.2) is 28.8 Å². The van der Waals surface area contributed by atoms with Gasteiger partial charge in [0.15, 0.2) is 15.7 Å². The molecule has 1 aliphatic rings. The highest BCUT2D eigenvalue weighted by Crippen LogP contribution is 2.35. The Morgan fingerprint density at radius 1 is 1.19 bits per heavy atom. The Morgan fingerprint density at radius 2 is 1.90 bits per heavy atom. The molecule has 0 N–H and O–H groups in total. The fourth-order valence-electron chi connectivity index (χ4n) is 2.23. The van der Waals surface area contributed by atoms with Crippen LogP contribution in [0.25, 0.3) is 0 Å². The van der Waals surface area contributed by atoms with Crippen molar-refractivity contribution >= 4 is 9.84 Å². The molecule has 2 aromatic rings. The molecule has 1 aliphatic carbocycles. The number of benzene rings is 1. The molecule has 3 rings (SSSR count). The van der Waals surface area contributed by atoms with Gasteiger partial charge in [-0.05, 0) is 30.5 Å². The molecule has 1 fully saturated rings. The molecule has 1 saturated carbocycles. The van der Waals surface area contributed by atoms with Crippen molar-refractivity contribution in [3.63, 3.8) is 0 Å². The lowest BCUT2D eigenvalue weighted by Gasteiger charge is -2.20. The molecule has 1 aromatic heterocycles. The van der Waals surface area contributed by atoms with Gasteiger partial charge in [0.1, 0.15) is 11.6 Å². The van der Waals surface area contributed by atoms with Gasteiger partial charge >= 0.3 is 0 Å². The van der Waals surface area contributed by atoms with Crippen molar-refractivity contribution < 1.29 is 17.3 Å². The lowest BCUT2D eigenvalue weighted by molar-refractivity contribution is 0.291. The van der Waals surface area contributed by atoms with Gasteiger partial charge in [-0.2, -0.15) is 4.98 Å². The third kappa shape index (κ3) is 3.47. The van der Waals surface area contributed by atoms with Crippen LogP contribution < -0.4 is 0 Å². The first-order chi connectivity index (χ1) is 10.0. The average Bonchev–Trinajstić information content (AvgIpc) is 2.77. The first kappa shape index (κ1) is 14.2. The summed E-state index contributed by atoms with van der Waals surface area (Å²) < 4.78 is 42.1. The maximum atomic E-state index is 12.8. The molecule has 21 heavy (non-hydrogen) atoms. The zero-order chi connectivity index (χ0) is 14.9. The lowest BCUT2D eigenvalue weighted by atomic mass is 9.85. The summed E-state index contributed by atoms with van der Waals surface area (Å²) in [5.74, 6) is 0.194. The van der Waals surface area contributed by atoms with Gasteiger partial charge in [0.05, 0.1) is 5.75 Å². The van der Waals surface area contributed by atoms with Crippen molar-refractivity contribution in [1.82, 2.24) is 10.1 Å². The summed E-state index contributed by atoms with van der Waals surface area (Å²) in [4.78, 5) is 4.16. The maximum Gasteiger partial charge on any atom is 0.229 e. The maximum absolute atomic E-state index is 12.8. The SMILES string of the molecule is O=S(=O)(Cc1ccc(F)cc1)Cc1noc(C2CCC2)n1. The van der Waals surface area contributed by atoms with E-state index in [1.807, 2.05) is 0 Å². The molecule has 0 radical (unpaired) electrons. The molecule has 0 atom stereocenters. The Labute approximate surface area is 122 Å². The summed E-state index contributed by atoms with van der Waals surface area (Å²) >= 11 is 0. The molecule has 112 valence electrons. The van der Waals surface area contributed by atoms with Crippen LogP contribution in [-0.4, -0.2) is 18.6 Å². The van der Waals surface area contributed by atoms with Crippen LogP contribution in [0.4, 0.5) is 4.39 Å². The minimum absolute atomic E-state index is 0.166. The number of nitrogens with zero attached hydrogens (tertiary/aromatic N) is 2. The predicted octanol–water partition coefficient (Wildman–Crippen LogP) is 2.59. The van der Waals surface area contributed by atoms with Gasteiger partial charge < -0.3 is 4.52 Å². The number of halogens is 1. The molecule has 0 unspecified atom stereocenters. The van der Waals surface area contributed by atoms with Crippen molar-refractivity contribution in [2.24, 2.45) is 0 Å². The third-order valence-corrected chi connectivity index (χ3v) is 5.06. The number of hydrogen-bond donors (Lipinski definition) is 0. The first-order valence-electron chi connectivity index (χ1n) is 6.79. The van der Waals surface area contributed by atoms with Gasteiger partial charge in [-0.25, -0.2) is 12.8 Å². The lowest BCUT2D eigenvalue weighted by Crippen LogP contribution is -2.11. The third-order valence-electron chi connectivity index (χ3n) is 3.59. The van der Waals surface area contributed by atoms with Crippen LogP contribution in [0.5, 0.6) is 0 Å². The molecule has 5 nitrogen and oxygen atoms in total. The van der Waals surface area contributed by atoms with Crippen LogP contribution in [0.1, 0.15) is 42.5 Å². The van der Waals surface area contributed by atoms with Gasteiger partial charge in [0.25, 0.3) is 0 Å². The van der Waals surface area contributed by atoms with Gasteiger partial charge in [-0.3, -0.25) is 0 Å². The number of rotatable bonds is 5. The highest BCUT2D eigenvalue weighted by atomic mass is 32.2.